The molecule has 2 rings (SSSR count). The van der Waals surface area contributed by atoms with Gasteiger partial charge in [0.25, 0.3) is 0 Å². The molecule has 4 heteroatoms. The molecule has 1 aromatic rings. The predicted octanol–water partition coefficient (Wildman–Crippen LogP) is 2.65. The molecule has 0 saturated heterocycles. The molecule has 76 valence electrons. The Balaban J connectivity index is 2.38. The average molecular weight is 221 g/mol. The maximum atomic E-state index is 11.2. The van der Waals surface area contributed by atoms with Crippen LogP contribution in [-0.2, 0) is 0 Å². The lowest BCUT2D eigenvalue weighted by Crippen LogP contribution is -2.26. The summed E-state index contributed by atoms with van der Waals surface area (Å²) in [6.45, 7) is 0.491. The lowest BCUT2D eigenvalue weighted by molar-refractivity contribution is 0.243. The van der Waals surface area contributed by atoms with Crippen molar-refractivity contribution in [1.29, 1.82) is 0 Å². The van der Waals surface area contributed by atoms with Crippen molar-refractivity contribution in [1.82, 2.24) is 9.88 Å². The van der Waals surface area contributed by atoms with E-state index < -0.39 is 5.37 Å². The third-order valence-corrected chi connectivity index (χ3v) is 2.31. The van der Waals surface area contributed by atoms with Crippen LogP contribution in [0.4, 0.5) is 4.79 Å². The Kier molecular flexibility index (Phi) is 2.83. The molecule has 0 aliphatic carbocycles. The number of rotatable bonds is 1. The zero-order valence-electron chi connectivity index (χ0n) is 7.93. The van der Waals surface area contributed by atoms with Crippen LogP contribution < -0.4 is 0 Å². The number of hydrogen-bond acceptors (Lipinski definition) is 2. The van der Waals surface area contributed by atoms with Gasteiger partial charge < -0.3 is 0 Å². The highest BCUT2D eigenvalue weighted by molar-refractivity contribution is 6.63. The fourth-order valence-corrected chi connectivity index (χ4v) is 1.58. The number of pyridine rings is 1. The van der Waals surface area contributed by atoms with Crippen molar-refractivity contribution in [2.24, 2.45) is 0 Å². The van der Waals surface area contributed by atoms with Crippen molar-refractivity contribution in [3.63, 3.8) is 0 Å². The first kappa shape index (κ1) is 9.93. The molecular weight excluding hydrogens is 212 g/mol. The quantitative estimate of drug-likeness (QED) is 0.539. The van der Waals surface area contributed by atoms with Crippen LogP contribution in [0.5, 0.6) is 0 Å². The number of amides is 1. The van der Waals surface area contributed by atoms with Gasteiger partial charge in [0, 0.05) is 12.7 Å². The zero-order chi connectivity index (χ0) is 10.7. The van der Waals surface area contributed by atoms with E-state index >= 15 is 0 Å². The molecule has 0 fully saturated rings. The van der Waals surface area contributed by atoms with Crippen LogP contribution in [0.3, 0.4) is 0 Å². The van der Waals surface area contributed by atoms with Crippen LogP contribution in [0.2, 0.25) is 0 Å². The largest absolute Gasteiger partial charge is 0.321 e. The molecule has 0 radical (unpaired) electrons. The number of carbonyl (C=O) groups is 1. The second kappa shape index (κ2) is 4.28. The van der Waals surface area contributed by atoms with Gasteiger partial charge >= 0.3 is 5.37 Å². The van der Waals surface area contributed by atoms with E-state index in [1.54, 1.807) is 6.20 Å². The lowest BCUT2D eigenvalue weighted by atomic mass is 10.2. The van der Waals surface area contributed by atoms with Crippen molar-refractivity contribution in [2.45, 2.75) is 0 Å². The number of hydrogen-bond donors (Lipinski definition) is 0. The summed E-state index contributed by atoms with van der Waals surface area (Å²) in [5.74, 6) is 0. The molecule has 1 amide bonds. The molecule has 15 heavy (non-hydrogen) atoms. The Morgan fingerprint density at radius 3 is 3.00 bits per heavy atom. The minimum atomic E-state index is -0.490. The summed E-state index contributed by atoms with van der Waals surface area (Å²) in [4.78, 5) is 16.8. The number of aromatic nitrogens is 1. The Labute approximate surface area is 92.7 Å². The van der Waals surface area contributed by atoms with E-state index in [1.807, 2.05) is 36.4 Å². The van der Waals surface area contributed by atoms with Crippen molar-refractivity contribution < 1.29 is 4.79 Å². The van der Waals surface area contributed by atoms with Gasteiger partial charge in [-0.2, -0.15) is 0 Å². The normalized spacial score (nSPS) is 15.0. The SMILES string of the molecule is O=C(Cl)N1CC=CC=C1c1ccccn1. The fourth-order valence-electron chi connectivity index (χ4n) is 1.42. The summed E-state index contributed by atoms with van der Waals surface area (Å²) >= 11 is 5.49. The van der Waals surface area contributed by atoms with Gasteiger partial charge in [0.05, 0.1) is 11.4 Å². The van der Waals surface area contributed by atoms with Gasteiger partial charge in [-0.15, -0.1) is 0 Å². The third-order valence-electron chi connectivity index (χ3n) is 2.11. The first-order chi connectivity index (χ1) is 7.29. The van der Waals surface area contributed by atoms with Gasteiger partial charge in [-0.3, -0.25) is 14.7 Å². The highest BCUT2D eigenvalue weighted by atomic mass is 35.5. The summed E-state index contributed by atoms with van der Waals surface area (Å²) in [6, 6.07) is 5.55. The first-order valence-corrected chi connectivity index (χ1v) is 4.92. The summed E-state index contributed by atoms with van der Waals surface area (Å²) < 4.78 is 0. The average Bonchev–Trinajstić information content (AvgIpc) is 2.30. The first-order valence-electron chi connectivity index (χ1n) is 4.54. The molecule has 0 bridgehead atoms. The molecular formula is C11H9ClN2O. The minimum absolute atomic E-state index is 0.490. The molecule has 0 N–H and O–H groups in total. The van der Waals surface area contributed by atoms with Gasteiger partial charge in [-0.05, 0) is 29.8 Å². The molecule has 1 aliphatic heterocycles. The van der Waals surface area contributed by atoms with Gasteiger partial charge in [-0.1, -0.05) is 18.2 Å². The Bertz CT molecular complexity index is 425. The Hall–Kier alpha value is -1.61. The van der Waals surface area contributed by atoms with E-state index in [1.165, 1.54) is 4.90 Å². The number of allylic oxidation sites excluding steroid dienone is 2. The van der Waals surface area contributed by atoms with E-state index in [0.29, 0.717) is 6.54 Å². The molecule has 1 aromatic heterocycles. The van der Waals surface area contributed by atoms with E-state index in [-0.39, 0.29) is 0 Å². The van der Waals surface area contributed by atoms with Gasteiger partial charge in [0.15, 0.2) is 0 Å². The van der Waals surface area contributed by atoms with Crippen LogP contribution in [0.25, 0.3) is 5.70 Å². The minimum Gasteiger partial charge on any atom is -0.293 e. The zero-order valence-corrected chi connectivity index (χ0v) is 8.69. The van der Waals surface area contributed by atoms with Crippen LogP contribution in [0.1, 0.15) is 5.69 Å². The molecule has 2 heterocycles. The second-order valence-electron chi connectivity index (χ2n) is 3.06. The number of nitrogens with zero attached hydrogens (tertiary/aromatic N) is 2. The topological polar surface area (TPSA) is 33.2 Å². The Morgan fingerprint density at radius 1 is 1.47 bits per heavy atom. The summed E-state index contributed by atoms with van der Waals surface area (Å²) in [5, 5.41) is -0.490. The van der Waals surface area contributed by atoms with Crippen molar-refractivity contribution in [2.75, 3.05) is 6.54 Å². The highest BCUT2D eigenvalue weighted by Crippen LogP contribution is 2.21. The smallest absolute Gasteiger partial charge is 0.293 e. The van der Waals surface area contributed by atoms with E-state index in [0.717, 1.165) is 11.4 Å². The lowest BCUT2D eigenvalue weighted by Gasteiger charge is -2.22. The molecule has 0 unspecified atom stereocenters. The Morgan fingerprint density at radius 2 is 2.33 bits per heavy atom. The summed E-state index contributed by atoms with van der Waals surface area (Å²) in [6.07, 6.45) is 7.27. The number of carbonyl (C=O) groups excluding carboxylic acids is 1. The maximum absolute atomic E-state index is 11.2. The van der Waals surface area contributed by atoms with Gasteiger partial charge in [0.2, 0.25) is 0 Å². The van der Waals surface area contributed by atoms with Crippen molar-refractivity contribution >= 4 is 22.7 Å². The maximum Gasteiger partial charge on any atom is 0.321 e. The van der Waals surface area contributed by atoms with Gasteiger partial charge in [-0.25, -0.2) is 0 Å². The standard InChI is InChI=1S/C11H9ClN2O/c12-11(15)14-8-4-2-6-10(14)9-5-1-3-7-13-9/h1-7H,8H2. The van der Waals surface area contributed by atoms with Crippen molar-refractivity contribution in [3.05, 3.63) is 48.3 Å². The molecule has 0 saturated carbocycles. The van der Waals surface area contributed by atoms with Crippen LogP contribution in [-0.4, -0.2) is 21.8 Å². The van der Waals surface area contributed by atoms with Gasteiger partial charge in [0.1, 0.15) is 0 Å². The van der Waals surface area contributed by atoms with E-state index in [4.69, 9.17) is 11.6 Å². The predicted molar refractivity (Wildman–Crippen MR) is 59.3 cm³/mol. The van der Waals surface area contributed by atoms with E-state index in [9.17, 15) is 4.79 Å². The third kappa shape index (κ3) is 2.07. The van der Waals surface area contributed by atoms with Crippen molar-refractivity contribution in [3.8, 4) is 0 Å². The summed E-state index contributed by atoms with van der Waals surface area (Å²) in [7, 11) is 0. The monoisotopic (exact) mass is 220 g/mol. The number of halogens is 1. The molecule has 3 nitrogen and oxygen atoms in total. The highest BCUT2D eigenvalue weighted by Gasteiger charge is 2.18. The van der Waals surface area contributed by atoms with Crippen LogP contribution >= 0.6 is 11.6 Å². The summed E-state index contributed by atoms with van der Waals surface area (Å²) in [5.41, 5.74) is 1.48. The molecule has 1 aliphatic rings. The second-order valence-corrected chi connectivity index (χ2v) is 3.38. The van der Waals surface area contributed by atoms with Crippen LogP contribution in [0.15, 0.2) is 42.6 Å². The van der Waals surface area contributed by atoms with Crippen LogP contribution in [0, 0.1) is 0 Å². The molecule has 0 aromatic carbocycles. The fraction of sp³-hybridized carbons (Fsp3) is 0.0909. The molecule has 0 atom stereocenters. The van der Waals surface area contributed by atoms with E-state index in [2.05, 4.69) is 4.98 Å². The molecule has 0 spiro atoms.